The summed E-state index contributed by atoms with van der Waals surface area (Å²) in [6.07, 6.45) is -2.21. The number of rotatable bonds is 5. The van der Waals surface area contributed by atoms with Gasteiger partial charge in [0.25, 0.3) is 5.56 Å². The molecule has 1 saturated carbocycles. The fraction of sp³-hybridized carbons (Fsp3) is 0.636. The maximum absolute atomic E-state index is 11.9. The number of alkyl halides is 3. The van der Waals surface area contributed by atoms with Crippen molar-refractivity contribution in [2.45, 2.75) is 31.4 Å². The van der Waals surface area contributed by atoms with Gasteiger partial charge >= 0.3 is 6.18 Å². The molecule has 0 amide bonds. The number of H-pyrrole nitrogens is 1. The van der Waals surface area contributed by atoms with Crippen molar-refractivity contribution in [1.29, 1.82) is 0 Å². The average molecular weight is 341 g/mol. The fourth-order valence-electron chi connectivity index (χ4n) is 1.63. The zero-order chi connectivity index (χ0) is 14.0. The van der Waals surface area contributed by atoms with Gasteiger partial charge in [-0.15, -0.1) is 0 Å². The maximum atomic E-state index is 11.9. The summed E-state index contributed by atoms with van der Waals surface area (Å²) >= 11 is 3.18. The van der Waals surface area contributed by atoms with E-state index in [0.29, 0.717) is 16.0 Å². The number of nitrogens with one attached hydrogen (secondary N) is 1. The molecule has 0 bridgehead atoms. The first-order valence-electron chi connectivity index (χ1n) is 5.80. The summed E-state index contributed by atoms with van der Waals surface area (Å²) < 4.78 is 40.5. The Kier molecular flexibility index (Phi) is 4.29. The van der Waals surface area contributed by atoms with Gasteiger partial charge in [0.15, 0.2) is 0 Å². The van der Waals surface area contributed by atoms with Crippen LogP contribution in [-0.2, 0) is 11.2 Å². The molecule has 0 spiro atoms. The summed E-state index contributed by atoms with van der Waals surface area (Å²) in [5.41, 5.74) is 0.386. The second-order valence-electron chi connectivity index (χ2n) is 4.40. The van der Waals surface area contributed by atoms with Gasteiger partial charge in [-0.2, -0.15) is 13.2 Å². The minimum absolute atomic E-state index is 0.131. The quantitative estimate of drug-likeness (QED) is 0.838. The van der Waals surface area contributed by atoms with Crippen LogP contribution in [0.25, 0.3) is 0 Å². The lowest BCUT2D eigenvalue weighted by molar-refractivity contribution is -0.173. The smallest absolute Gasteiger partial charge is 0.372 e. The van der Waals surface area contributed by atoms with E-state index < -0.39 is 12.8 Å². The van der Waals surface area contributed by atoms with Crippen molar-refractivity contribution in [3.05, 3.63) is 26.3 Å². The van der Waals surface area contributed by atoms with E-state index in [4.69, 9.17) is 0 Å². The molecule has 1 N–H and O–H groups in total. The van der Waals surface area contributed by atoms with Gasteiger partial charge in [-0.05, 0) is 28.8 Å². The first-order chi connectivity index (χ1) is 8.87. The first-order valence-corrected chi connectivity index (χ1v) is 6.59. The van der Waals surface area contributed by atoms with Crippen molar-refractivity contribution >= 4 is 15.9 Å². The van der Waals surface area contributed by atoms with E-state index in [-0.39, 0.29) is 24.5 Å². The first kappa shape index (κ1) is 14.5. The summed E-state index contributed by atoms with van der Waals surface area (Å²) in [5.74, 6) is 0.642. The van der Waals surface area contributed by atoms with Crippen LogP contribution in [0.2, 0.25) is 0 Å². The Bertz CT molecular complexity index is 512. The molecule has 0 atom stereocenters. The van der Waals surface area contributed by atoms with Crippen molar-refractivity contribution in [3.63, 3.8) is 0 Å². The average Bonchev–Trinajstić information content (AvgIpc) is 3.11. The number of halogens is 4. The van der Waals surface area contributed by atoms with Crippen LogP contribution in [0.4, 0.5) is 13.2 Å². The van der Waals surface area contributed by atoms with Crippen molar-refractivity contribution in [1.82, 2.24) is 9.97 Å². The lowest BCUT2D eigenvalue weighted by atomic mass is 10.2. The van der Waals surface area contributed by atoms with Gasteiger partial charge in [0.1, 0.15) is 16.9 Å². The van der Waals surface area contributed by atoms with Crippen LogP contribution in [-0.4, -0.2) is 29.4 Å². The zero-order valence-corrected chi connectivity index (χ0v) is 11.5. The third kappa shape index (κ3) is 4.31. The molecule has 0 unspecified atom stereocenters. The molecule has 0 aliphatic heterocycles. The van der Waals surface area contributed by atoms with E-state index in [1.165, 1.54) is 0 Å². The van der Waals surface area contributed by atoms with Gasteiger partial charge in [-0.25, -0.2) is 4.98 Å². The fourth-order valence-corrected chi connectivity index (χ4v) is 2.14. The highest BCUT2D eigenvalue weighted by atomic mass is 79.9. The highest BCUT2D eigenvalue weighted by Crippen LogP contribution is 2.41. The Morgan fingerprint density at radius 3 is 2.68 bits per heavy atom. The van der Waals surface area contributed by atoms with Crippen LogP contribution in [0.3, 0.4) is 0 Å². The van der Waals surface area contributed by atoms with Gasteiger partial charge in [-0.3, -0.25) is 4.79 Å². The monoisotopic (exact) mass is 340 g/mol. The molecule has 1 aliphatic carbocycles. The Hall–Kier alpha value is -0.890. The lowest BCUT2D eigenvalue weighted by Gasteiger charge is -2.08. The molecule has 8 heteroatoms. The number of aromatic amines is 1. The zero-order valence-electron chi connectivity index (χ0n) is 9.89. The van der Waals surface area contributed by atoms with E-state index in [0.717, 1.165) is 12.8 Å². The molecule has 0 saturated heterocycles. The van der Waals surface area contributed by atoms with Gasteiger partial charge in [-0.1, -0.05) is 0 Å². The maximum Gasteiger partial charge on any atom is 0.411 e. The summed E-state index contributed by atoms with van der Waals surface area (Å²) in [7, 11) is 0. The Balaban J connectivity index is 1.95. The Labute approximate surface area is 115 Å². The second kappa shape index (κ2) is 5.62. The summed E-state index contributed by atoms with van der Waals surface area (Å²) in [4.78, 5) is 18.4. The molecular weight excluding hydrogens is 329 g/mol. The second-order valence-corrected chi connectivity index (χ2v) is 5.20. The van der Waals surface area contributed by atoms with Gasteiger partial charge in [0.2, 0.25) is 0 Å². The van der Waals surface area contributed by atoms with Crippen molar-refractivity contribution < 1.29 is 17.9 Å². The predicted octanol–water partition coefficient (Wildman–Crippen LogP) is 2.53. The van der Waals surface area contributed by atoms with Crippen LogP contribution in [0.1, 0.15) is 30.3 Å². The van der Waals surface area contributed by atoms with E-state index in [1.54, 1.807) is 0 Å². The van der Waals surface area contributed by atoms with Gasteiger partial charge in [0.05, 0.1) is 12.3 Å². The summed E-state index contributed by atoms with van der Waals surface area (Å²) in [6.45, 7) is -1.42. The van der Waals surface area contributed by atoms with Crippen LogP contribution < -0.4 is 5.56 Å². The van der Waals surface area contributed by atoms with Crippen molar-refractivity contribution in [3.8, 4) is 0 Å². The molecule has 1 fully saturated rings. The molecule has 1 heterocycles. The van der Waals surface area contributed by atoms with Crippen LogP contribution in [0.5, 0.6) is 0 Å². The molecule has 1 aromatic rings. The van der Waals surface area contributed by atoms with Crippen LogP contribution >= 0.6 is 15.9 Å². The Morgan fingerprint density at radius 2 is 2.11 bits per heavy atom. The Morgan fingerprint density at radius 1 is 1.42 bits per heavy atom. The number of ether oxygens (including phenoxy) is 1. The summed E-state index contributed by atoms with van der Waals surface area (Å²) in [6, 6.07) is 0. The molecule has 0 radical (unpaired) electrons. The van der Waals surface area contributed by atoms with E-state index in [1.807, 2.05) is 0 Å². The highest BCUT2D eigenvalue weighted by Gasteiger charge is 2.29. The van der Waals surface area contributed by atoms with Crippen molar-refractivity contribution in [2.24, 2.45) is 0 Å². The highest BCUT2D eigenvalue weighted by molar-refractivity contribution is 9.10. The normalized spacial score (nSPS) is 15.8. The summed E-state index contributed by atoms with van der Waals surface area (Å²) in [5, 5.41) is 0. The van der Waals surface area contributed by atoms with Gasteiger partial charge in [0, 0.05) is 12.3 Å². The number of hydrogen-bond donors (Lipinski definition) is 1. The minimum atomic E-state index is -4.33. The molecule has 2 rings (SSSR count). The SMILES string of the molecule is O=c1[nH]c(CCOCC(F)(F)F)nc(C2CC2)c1Br. The molecule has 4 nitrogen and oxygen atoms in total. The standard InChI is InChI=1S/C11H12BrF3N2O2/c12-8-9(6-1-2-6)16-7(17-10(8)18)3-4-19-5-11(13,14)15/h6H,1-5H2,(H,16,17,18). The topological polar surface area (TPSA) is 55.0 Å². The van der Waals surface area contributed by atoms with Gasteiger partial charge < -0.3 is 9.72 Å². The lowest BCUT2D eigenvalue weighted by Crippen LogP contribution is -2.20. The number of aromatic nitrogens is 2. The largest absolute Gasteiger partial charge is 0.411 e. The third-order valence-corrected chi connectivity index (χ3v) is 3.42. The molecule has 106 valence electrons. The van der Waals surface area contributed by atoms with Crippen LogP contribution in [0.15, 0.2) is 9.27 Å². The van der Waals surface area contributed by atoms with E-state index in [2.05, 4.69) is 30.6 Å². The number of nitrogens with zero attached hydrogens (tertiary/aromatic N) is 1. The molecule has 0 aromatic carbocycles. The molecule has 1 aliphatic rings. The van der Waals surface area contributed by atoms with Crippen LogP contribution in [0, 0.1) is 0 Å². The minimum Gasteiger partial charge on any atom is -0.372 e. The van der Waals surface area contributed by atoms with E-state index in [9.17, 15) is 18.0 Å². The number of hydrogen-bond acceptors (Lipinski definition) is 3. The molecular formula is C11H12BrF3N2O2. The third-order valence-electron chi connectivity index (χ3n) is 2.65. The molecule has 1 aromatic heterocycles. The van der Waals surface area contributed by atoms with Crippen molar-refractivity contribution in [2.75, 3.05) is 13.2 Å². The molecule has 19 heavy (non-hydrogen) atoms. The predicted molar refractivity (Wildman–Crippen MR) is 65.1 cm³/mol. The van der Waals surface area contributed by atoms with E-state index >= 15 is 0 Å².